The Bertz CT molecular complexity index is 623. The van der Waals surface area contributed by atoms with Crippen molar-refractivity contribution in [1.82, 2.24) is 0 Å². The lowest BCUT2D eigenvalue weighted by Crippen LogP contribution is -2.13. The van der Waals surface area contributed by atoms with Crippen LogP contribution in [0.1, 0.15) is 29.3 Å². The highest BCUT2D eigenvalue weighted by molar-refractivity contribution is 5.97. The van der Waals surface area contributed by atoms with Crippen molar-refractivity contribution in [1.29, 1.82) is 0 Å². The van der Waals surface area contributed by atoms with E-state index in [1.54, 1.807) is 31.2 Å². The fourth-order valence-electron chi connectivity index (χ4n) is 1.85. The molecule has 0 aliphatic rings. The van der Waals surface area contributed by atoms with Crippen LogP contribution in [0, 0.1) is 0 Å². The molecule has 0 spiro atoms. The molecule has 21 heavy (non-hydrogen) atoms. The Morgan fingerprint density at radius 2 is 1.81 bits per heavy atom. The Morgan fingerprint density at radius 1 is 1.05 bits per heavy atom. The summed E-state index contributed by atoms with van der Waals surface area (Å²) < 4.78 is 5.12. The molecule has 1 N–H and O–H groups in total. The van der Waals surface area contributed by atoms with Crippen molar-refractivity contribution in [3.8, 4) is 0 Å². The molecule has 0 fully saturated rings. The molecule has 0 aliphatic heterocycles. The van der Waals surface area contributed by atoms with Gasteiger partial charge in [0, 0.05) is 17.7 Å². The number of ether oxygens (including phenoxy) is 1. The molecule has 1 amide bonds. The minimum Gasteiger partial charge on any atom is -0.444 e. The van der Waals surface area contributed by atoms with Crippen LogP contribution in [0.3, 0.4) is 0 Å². The maximum atomic E-state index is 11.7. The Kier molecular flexibility index (Phi) is 5.10. The molecule has 0 aromatic heterocycles. The molecule has 2 aromatic carbocycles. The van der Waals surface area contributed by atoms with E-state index < -0.39 is 6.09 Å². The first-order valence-electron chi connectivity index (χ1n) is 6.80. The molecule has 0 heterocycles. The predicted molar refractivity (Wildman–Crippen MR) is 81.3 cm³/mol. The van der Waals surface area contributed by atoms with E-state index in [0.29, 0.717) is 17.7 Å². The Morgan fingerprint density at radius 3 is 2.52 bits per heavy atom. The van der Waals surface area contributed by atoms with Gasteiger partial charge in [0.2, 0.25) is 0 Å². The standard InChI is InChI=1S/C17H17NO3/c1-2-16(19)14-9-6-10-15(11-14)18-17(20)21-12-13-7-4-3-5-8-13/h3-11H,2,12H2,1H3,(H,18,20). The molecular weight excluding hydrogens is 266 g/mol. The van der Waals surface area contributed by atoms with Crippen molar-refractivity contribution in [2.24, 2.45) is 0 Å². The van der Waals surface area contributed by atoms with Crippen molar-refractivity contribution in [2.75, 3.05) is 5.32 Å². The van der Waals surface area contributed by atoms with E-state index in [4.69, 9.17) is 4.74 Å². The number of nitrogens with one attached hydrogen (secondary N) is 1. The number of ketones is 1. The summed E-state index contributed by atoms with van der Waals surface area (Å²) in [5, 5.41) is 2.62. The molecule has 0 aliphatic carbocycles. The summed E-state index contributed by atoms with van der Waals surface area (Å²) in [6, 6.07) is 16.3. The largest absolute Gasteiger partial charge is 0.444 e. The van der Waals surface area contributed by atoms with Crippen LogP contribution in [0.5, 0.6) is 0 Å². The topological polar surface area (TPSA) is 55.4 Å². The van der Waals surface area contributed by atoms with Gasteiger partial charge in [-0.3, -0.25) is 10.1 Å². The van der Waals surface area contributed by atoms with Crippen molar-refractivity contribution >= 4 is 17.6 Å². The summed E-state index contributed by atoms with van der Waals surface area (Å²) in [5.74, 6) is 0.0382. The summed E-state index contributed by atoms with van der Waals surface area (Å²) in [5.41, 5.74) is 2.05. The van der Waals surface area contributed by atoms with Crippen LogP contribution in [-0.2, 0) is 11.3 Å². The molecule has 4 heteroatoms. The molecule has 0 unspecified atom stereocenters. The van der Waals surface area contributed by atoms with Crippen LogP contribution in [0.2, 0.25) is 0 Å². The zero-order valence-corrected chi connectivity index (χ0v) is 11.8. The number of hydrogen-bond donors (Lipinski definition) is 1. The van der Waals surface area contributed by atoms with E-state index >= 15 is 0 Å². The lowest BCUT2D eigenvalue weighted by Gasteiger charge is -2.08. The van der Waals surface area contributed by atoms with Crippen molar-refractivity contribution < 1.29 is 14.3 Å². The van der Waals surface area contributed by atoms with Crippen LogP contribution < -0.4 is 5.32 Å². The average molecular weight is 283 g/mol. The van der Waals surface area contributed by atoms with Crippen LogP contribution in [0.15, 0.2) is 54.6 Å². The van der Waals surface area contributed by atoms with Gasteiger partial charge in [0.1, 0.15) is 6.61 Å². The fraction of sp³-hybridized carbons (Fsp3) is 0.176. The lowest BCUT2D eigenvalue weighted by atomic mass is 10.1. The minimum atomic E-state index is -0.542. The van der Waals surface area contributed by atoms with E-state index in [1.165, 1.54) is 0 Å². The molecule has 4 nitrogen and oxygen atoms in total. The van der Waals surface area contributed by atoms with Gasteiger partial charge >= 0.3 is 6.09 Å². The monoisotopic (exact) mass is 283 g/mol. The van der Waals surface area contributed by atoms with Crippen molar-refractivity contribution in [3.05, 3.63) is 65.7 Å². The molecule has 0 bridgehead atoms. The summed E-state index contributed by atoms with van der Waals surface area (Å²) in [7, 11) is 0. The predicted octanol–water partition coefficient (Wildman–Crippen LogP) is 4.03. The van der Waals surface area contributed by atoms with Gasteiger partial charge in [0.25, 0.3) is 0 Å². The number of benzene rings is 2. The second-order valence-electron chi connectivity index (χ2n) is 4.54. The highest BCUT2D eigenvalue weighted by Gasteiger charge is 2.07. The van der Waals surface area contributed by atoms with Crippen LogP contribution in [0.25, 0.3) is 0 Å². The van der Waals surface area contributed by atoms with Gasteiger partial charge in [0.05, 0.1) is 0 Å². The molecule has 0 atom stereocenters. The highest BCUT2D eigenvalue weighted by Crippen LogP contribution is 2.13. The summed E-state index contributed by atoms with van der Waals surface area (Å²) in [6.07, 6.45) is -0.109. The number of carbonyl (C=O) groups is 2. The van der Waals surface area contributed by atoms with Gasteiger partial charge in [-0.1, -0.05) is 49.4 Å². The first-order valence-corrected chi connectivity index (χ1v) is 6.80. The first-order chi connectivity index (χ1) is 10.2. The summed E-state index contributed by atoms with van der Waals surface area (Å²) in [4.78, 5) is 23.3. The van der Waals surface area contributed by atoms with E-state index in [9.17, 15) is 9.59 Å². The maximum Gasteiger partial charge on any atom is 0.411 e. The summed E-state index contributed by atoms with van der Waals surface area (Å²) in [6.45, 7) is 2.01. The Balaban J connectivity index is 1.92. The number of rotatable bonds is 5. The first kappa shape index (κ1) is 14.8. The molecule has 0 saturated carbocycles. The number of anilines is 1. The second-order valence-corrected chi connectivity index (χ2v) is 4.54. The zero-order valence-electron chi connectivity index (χ0n) is 11.8. The highest BCUT2D eigenvalue weighted by atomic mass is 16.5. The number of hydrogen-bond acceptors (Lipinski definition) is 3. The van der Waals surface area contributed by atoms with E-state index in [1.807, 2.05) is 30.3 Å². The number of carbonyl (C=O) groups excluding carboxylic acids is 2. The smallest absolute Gasteiger partial charge is 0.411 e. The fourth-order valence-corrected chi connectivity index (χ4v) is 1.85. The van der Waals surface area contributed by atoms with Gasteiger partial charge in [-0.25, -0.2) is 4.79 Å². The second kappa shape index (κ2) is 7.24. The zero-order chi connectivity index (χ0) is 15.1. The normalized spacial score (nSPS) is 9.95. The molecule has 2 rings (SSSR count). The molecule has 0 radical (unpaired) electrons. The number of Topliss-reactive ketones (excluding diaryl/α,β-unsaturated/α-hetero) is 1. The molecule has 108 valence electrons. The maximum absolute atomic E-state index is 11.7. The Hall–Kier alpha value is -2.62. The van der Waals surface area contributed by atoms with Gasteiger partial charge < -0.3 is 4.74 Å². The van der Waals surface area contributed by atoms with Gasteiger partial charge in [-0.15, -0.1) is 0 Å². The molecule has 0 saturated heterocycles. The SMILES string of the molecule is CCC(=O)c1cccc(NC(=O)OCc2ccccc2)c1. The molecule has 2 aromatic rings. The van der Waals surface area contributed by atoms with Crippen LogP contribution >= 0.6 is 0 Å². The van der Waals surface area contributed by atoms with E-state index in [2.05, 4.69) is 5.32 Å². The summed E-state index contributed by atoms with van der Waals surface area (Å²) >= 11 is 0. The third-order valence-corrected chi connectivity index (χ3v) is 2.96. The average Bonchev–Trinajstić information content (AvgIpc) is 2.53. The van der Waals surface area contributed by atoms with Gasteiger partial charge in [-0.05, 0) is 17.7 Å². The lowest BCUT2D eigenvalue weighted by molar-refractivity contribution is 0.0988. The van der Waals surface area contributed by atoms with Crippen molar-refractivity contribution in [2.45, 2.75) is 20.0 Å². The van der Waals surface area contributed by atoms with E-state index in [-0.39, 0.29) is 12.4 Å². The van der Waals surface area contributed by atoms with Gasteiger partial charge in [0.15, 0.2) is 5.78 Å². The van der Waals surface area contributed by atoms with Crippen molar-refractivity contribution in [3.63, 3.8) is 0 Å². The Labute approximate surface area is 123 Å². The third-order valence-electron chi connectivity index (χ3n) is 2.96. The van der Waals surface area contributed by atoms with E-state index in [0.717, 1.165) is 5.56 Å². The third kappa shape index (κ3) is 4.45. The number of amides is 1. The van der Waals surface area contributed by atoms with Crippen LogP contribution in [-0.4, -0.2) is 11.9 Å². The quantitative estimate of drug-likeness (QED) is 0.843. The van der Waals surface area contributed by atoms with Crippen LogP contribution in [0.4, 0.5) is 10.5 Å². The minimum absolute atomic E-state index is 0.0382. The van der Waals surface area contributed by atoms with Gasteiger partial charge in [-0.2, -0.15) is 0 Å². The molecular formula is C17H17NO3.